The van der Waals surface area contributed by atoms with Gasteiger partial charge in [-0.15, -0.1) is 0 Å². The lowest BCUT2D eigenvalue weighted by atomic mass is 10.1. The fourth-order valence-electron chi connectivity index (χ4n) is 2.56. The maximum absolute atomic E-state index is 6.30. The van der Waals surface area contributed by atoms with Crippen molar-refractivity contribution in [2.45, 2.75) is 51.9 Å². The van der Waals surface area contributed by atoms with Crippen molar-refractivity contribution in [2.24, 2.45) is 5.10 Å². The van der Waals surface area contributed by atoms with Crippen molar-refractivity contribution in [1.29, 1.82) is 0 Å². The number of hydrogen-bond acceptors (Lipinski definition) is 4. The maximum Gasteiger partial charge on any atom is 0.146 e. The van der Waals surface area contributed by atoms with E-state index in [1.165, 1.54) is 38.5 Å². The van der Waals surface area contributed by atoms with Crippen LogP contribution in [0.4, 0.5) is 5.82 Å². The Hall–Kier alpha value is -2.07. The summed E-state index contributed by atoms with van der Waals surface area (Å²) in [5.41, 5.74) is 3.78. The number of nitrogens with one attached hydrogen (secondary N) is 1. The summed E-state index contributed by atoms with van der Waals surface area (Å²) in [4.78, 5) is 4.14. The highest BCUT2D eigenvalue weighted by molar-refractivity contribution is 6.32. The molecule has 26 heavy (non-hydrogen) atoms. The largest absolute Gasteiger partial charge is 0.492 e. The van der Waals surface area contributed by atoms with Crippen LogP contribution in [0.25, 0.3) is 0 Å². The Balaban J connectivity index is 1.69. The van der Waals surface area contributed by atoms with Crippen molar-refractivity contribution in [3.05, 3.63) is 53.2 Å². The van der Waals surface area contributed by atoms with Gasteiger partial charge < -0.3 is 4.74 Å². The van der Waals surface area contributed by atoms with E-state index in [4.69, 9.17) is 16.3 Å². The van der Waals surface area contributed by atoms with Gasteiger partial charge in [0.15, 0.2) is 0 Å². The second-order valence-electron chi connectivity index (χ2n) is 6.24. The number of aromatic nitrogens is 1. The number of hydrogen-bond donors (Lipinski definition) is 1. The zero-order valence-electron chi connectivity index (χ0n) is 15.5. The van der Waals surface area contributed by atoms with Gasteiger partial charge in [0, 0.05) is 6.20 Å². The van der Waals surface area contributed by atoms with Crippen molar-refractivity contribution < 1.29 is 4.74 Å². The molecule has 0 fully saturated rings. The van der Waals surface area contributed by atoms with Gasteiger partial charge >= 0.3 is 0 Å². The zero-order valence-corrected chi connectivity index (χ0v) is 16.2. The molecular formula is C21H28ClN3O. The average Bonchev–Trinajstić information content (AvgIpc) is 2.66. The molecule has 0 amide bonds. The van der Waals surface area contributed by atoms with Gasteiger partial charge in [-0.2, -0.15) is 5.10 Å². The van der Waals surface area contributed by atoms with E-state index in [0.29, 0.717) is 17.4 Å². The first kappa shape index (κ1) is 20.2. The van der Waals surface area contributed by atoms with Crippen molar-refractivity contribution in [3.63, 3.8) is 0 Å². The summed E-state index contributed by atoms with van der Waals surface area (Å²) in [6.07, 6.45) is 12.3. The SMILES string of the molecule is CCCCCCCCCOc1ccc(/C=N/Nc2ccccn2)cc1Cl. The second-order valence-corrected chi connectivity index (χ2v) is 6.65. The van der Waals surface area contributed by atoms with Crippen LogP contribution in [0.5, 0.6) is 5.75 Å². The third-order valence-electron chi connectivity index (χ3n) is 4.02. The van der Waals surface area contributed by atoms with E-state index in [1.807, 2.05) is 36.4 Å². The Labute approximate surface area is 161 Å². The van der Waals surface area contributed by atoms with Gasteiger partial charge in [0.2, 0.25) is 0 Å². The van der Waals surface area contributed by atoms with E-state index >= 15 is 0 Å². The van der Waals surface area contributed by atoms with Crippen LogP contribution in [-0.4, -0.2) is 17.8 Å². The molecule has 4 nitrogen and oxygen atoms in total. The van der Waals surface area contributed by atoms with Crippen molar-refractivity contribution in [2.75, 3.05) is 12.0 Å². The van der Waals surface area contributed by atoms with Crippen LogP contribution in [0.2, 0.25) is 5.02 Å². The minimum Gasteiger partial charge on any atom is -0.492 e. The smallest absolute Gasteiger partial charge is 0.146 e. The van der Waals surface area contributed by atoms with E-state index in [2.05, 4.69) is 22.4 Å². The van der Waals surface area contributed by atoms with Gasteiger partial charge in [-0.05, 0) is 42.3 Å². The molecule has 0 atom stereocenters. The molecule has 0 saturated carbocycles. The molecule has 2 aromatic rings. The Morgan fingerprint density at radius 2 is 1.88 bits per heavy atom. The molecule has 5 heteroatoms. The summed E-state index contributed by atoms with van der Waals surface area (Å²) in [7, 11) is 0. The summed E-state index contributed by atoms with van der Waals surface area (Å²) >= 11 is 6.30. The van der Waals surface area contributed by atoms with Gasteiger partial charge in [-0.3, -0.25) is 5.43 Å². The Morgan fingerprint density at radius 3 is 2.62 bits per heavy atom. The standard InChI is InChI=1S/C21H28ClN3O/c1-2-3-4-5-6-7-10-15-26-20-13-12-18(16-19(20)22)17-24-25-21-11-8-9-14-23-21/h8-9,11-14,16-17H,2-7,10,15H2,1H3,(H,23,25)/b24-17+. The first-order chi connectivity index (χ1) is 12.8. The van der Waals surface area contributed by atoms with E-state index in [-0.39, 0.29) is 0 Å². The molecule has 0 spiro atoms. The first-order valence-corrected chi connectivity index (χ1v) is 9.80. The van der Waals surface area contributed by atoms with Crippen LogP contribution >= 0.6 is 11.6 Å². The zero-order chi connectivity index (χ0) is 18.5. The lowest BCUT2D eigenvalue weighted by Gasteiger charge is -2.08. The highest BCUT2D eigenvalue weighted by Crippen LogP contribution is 2.25. The Kier molecular flexibility index (Phi) is 9.59. The second kappa shape index (κ2) is 12.3. The van der Waals surface area contributed by atoms with Crippen LogP contribution in [0, 0.1) is 0 Å². The Bertz CT molecular complexity index is 662. The summed E-state index contributed by atoms with van der Waals surface area (Å²) in [6.45, 7) is 2.95. The molecule has 0 bridgehead atoms. The number of benzene rings is 1. The van der Waals surface area contributed by atoms with Crippen LogP contribution < -0.4 is 10.2 Å². The predicted octanol–water partition coefficient (Wildman–Crippen LogP) is 6.31. The summed E-state index contributed by atoms with van der Waals surface area (Å²) in [6, 6.07) is 11.3. The minimum atomic E-state index is 0.606. The number of hydrazone groups is 1. The lowest BCUT2D eigenvalue weighted by Crippen LogP contribution is -1.98. The first-order valence-electron chi connectivity index (χ1n) is 9.42. The van der Waals surface area contributed by atoms with Gasteiger partial charge in [0.25, 0.3) is 0 Å². The van der Waals surface area contributed by atoms with Crippen LogP contribution in [0.15, 0.2) is 47.7 Å². The molecule has 1 N–H and O–H groups in total. The average molecular weight is 374 g/mol. The molecule has 1 aromatic carbocycles. The molecule has 0 radical (unpaired) electrons. The van der Waals surface area contributed by atoms with Gasteiger partial charge in [0.1, 0.15) is 11.6 Å². The van der Waals surface area contributed by atoms with Gasteiger partial charge in [-0.25, -0.2) is 4.98 Å². The molecule has 0 aliphatic heterocycles. The molecule has 0 saturated heterocycles. The van der Waals surface area contributed by atoms with Crippen molar-refractivity contribution in [1.82, 2.24) is 4.98 Å². The number of halogens is 1. The molecule has 1 aromatic heterocycles. The lowest BCUT2D eigenvalue weighted by molar-refractivity contribution is 0.304. The summed E-state index contributed by atoms with van der Waals surface area (Å²) < 4.78 is 5.79. The number of pyridine rings is 1. The number of anilines is 1. The number of ether oxygens (including phenoxy) is 1. The quantitative estimate of drug-likeness (QED) is 0.269. The third kappa shape index (κ3) is 7.87. The number of rotatable bonds is 12. The highest BCUT2D eigenvalue weighted by atomic mass is 35.5. The van der Waals surface area contributed by atoms with Crippen molar-refractivity contribution >= 4 is 23.6 Å². The molecular weight excluding hydrogens is 346 g/mol. The summed E-state index contributed by atoms with van der Waals surface area (Å²) in [5, 5.41) is 4.77. The number of nitrogens with zero attached hydrogens (tertiary/aromatic N) is 2. The van der Waals surface area contributed by atoms with Crippen LogP contribution in [-0.2, 0) is 0 Å². The van der Waals surface area contributed by atoms with Crippen LogP contribution in [0.1, 0.15) is 57.4 Å². The van der Waals surface area contributed by atoms with Gasteiger partial charge in [-0.1, -0.05) is 63.1 Å². The van der Waals surface area contributed by atoms with Gasteiger partial charge in [0.05, 0.1) is 17.8 Å². The van der Waals surface area contributed by atoms with E-state index < -0.39 is 0 Å². The van der Waals surface area contributed by atoms with E-state index in [9.17, 15) is 0 Å². The molecule has 0 aliphatic carbocycles. The van der Waals surface area contributed by atoms with Crippen molar-refractivity contribution in [3.8, 4) is 5.75 Å². The molecule has 0 unspecified atom stereocenters. The molecule has 0 aliphatic rings. The topological polar surface area (TPSA) is 46.5 Å². The number of unbranched alkanes of at least 4 members (excludes halogenated alkanes) is 6. The maximum atomic E-state index is 6.30. The Morgan fingerprint density at radius 1 is 1.08 bits per heavy atom. The fourth-order valence-corrected chi connectivity index (χ4v) is 2.80. The minimum absolute atomic E-state index is 0.606. The van der Waals surface area contributed by atoms with E-state index in [0.717, 1.165) is 17.7 Å². The molecule has 2 rings (SSSR count). The summed E-state index contributed by atoms with van der Waals surface area (Å²) in [5.74, 6) is 1.43. The normalized spacial score (nSPS) is 11.0. The molecule has 140 valence electrons. The van der Waals surface area contributed by atoms with E-state index in [1.54, 1.807) is 12.4 Å². The highest BCUT2D eigenvalue weighted by Gasteiger charge is 2.02. The molecule has 1 heterocycles. The monoisotopic (exact) mass is 373 g/mol. The predicted molar refractivity (Wildman–Crippen MR) is 110 cm³/mol. The fraction of sp³-hybridized carbons (Fsp3) is 0.429. The third-order valence-corrected chi connectivity index (χ3v) is 4.31. The van der Waals surface area contributed by atoms with Crippen LogP contribution in [0.3, 0.4) is 0 Å².